The molecule has 2 heterocycles. The van der Waals surface area contributed by atoms with E-state index in [2.05, 4.69) is 17.1 Å². The van der Waals surface area contributed by atoms with Gasteiger partial charge in [-0.25, -0.2) is 0 Å². The number of piperidine rings is 1. The number of nitrogens with zero attached hydrogens (tertiary/aromatic N) is 3. The molecule has 0 aliphatic carbocycles. The molecule has 5 nitrogen and oxygen atoms in total. The van der Waals surface area contributed by atoms with Gasteiger partial charge < -0.3 is 14.3 Å². The molecule has 1 saturated heterocycles. The predicted molar refractivity (Wildman–Crippen MR) is 63.2 cm³/mol. The molecule has 94 valence electrons. The van der Waals surface area contributed by atoms with Crippen molar-refractivity contribution in [1.82, 2.24) is 15.0 Å². The van der Waals surface area contributed by atoms with Gasteiger partial charge in [0.05, 0.1) is 6.54 Å². The van der Waals surface area contributed by atoms with Crippen LogP contribution < -0.4 is 0 Å². The minimum Gasteiger partial charge on any atom is -0.364 e. The summed E-state index contributed by atoms with van der Waals surface area (Å²) in [5, 5.41) is 3.87. The van der Waals surface area contributed by atoms with Crippen molar-refractivity contribution in [2.24, 2.45) is 0 Å². The van der Waals surface area contributed by atoms with Crippen LogP contribution in [0.1, 0.15) is 25.5 Å². The van der Waals surface area contributed by atoms with Crippen molar-refractivity contribution in [2.75, 3.05) is 20.1 Å². The topological polar surface area (TPSA) is 49.6 Å². The first-order valence-electron chi connectivity index (χ1n) is 6.02. The second kappa shape index (κ2) is 5.31. The van der Waals surface area contributed by atoms with Gasteiger partial charge in [0, 0.05) is 19.0 Å². The molecule has 1 fully saturated rings. The lowest BCUT2D eigenvalue weighted by Gasteiger charge is -2.36. The lowest BCUT2D eigenvalue weighted by Crippen LogP contribution is -2.45. The second-order valence-electron chi connectivity index (χ2n) is 4.67. The molecule has 1 aliphatic rings. The van der Waals surface area contributed by atoms with Gasteiger partial charge in [-0.2, -0.15) is 0 Å². The molecular weight excluding hydrogens is 218 g/mol. The summed E-state index contributed by atoms with van der Waals surface area (Å²) < 4.78 is 4.80. The Morgan fingerprint density at radius 1 is 1.59 bits per heavy atom. The van der Waals surface area contributed by atoms with E-state index in [1.165, 1.54) is 0 Å². The summed E-state index contributed by atoms with van der Waals surface area (Å²) in [4.78, 5) is 15.9. The fourth-order valence-electron chi connectivity index (χ4n) is 2.30. The summed E-state index contributed by atoms with van der Waals surface area (Å²) >= 11 is 0. The van der Waals surface area contributed by atoms with Crippen molar-refractivity contribution < 1.29 is 9.32 Å². The number of hydrogen-bond acceptors (Lipinski definition) is 4. The number of likely N-dealkylation sites (tertiary alicyclic amines) is 1. The normalized spacial score (nSPS) is 18.2. The Kier molecular flexibility index (Phi) is 3.78. The van der Waals surface area contributed by atoms with E-state index in [1.807, 2.05) is 11.0 Å². The highest BCUT2D eigenvalue weighted by atomic mass is 16.5. The van der Waals surface area contributed by atoms with Crippen molar-refractivity contribution in [3.8, 4) is 0 Å². The van der Waals surface area contributed by atoms with Gasteiger partial charge in [0.1, 0.15) is 12.0 Å². The third-order valence-electron chi connectivity index (χ3n) is 3.36. The molecule has 5 heteroatoms. The lowest BCUT2D eigenvalue weighted by atomic mass is 10.0. The molecule has 1 aromatic rings. The van der Waals surface area contributed by atoms with Crippen molar-refractivity contribution in [1.29, 1.82) is 0 Å². The van der Waals surface area contributed by atoms with Gasteiger partial charge in [-0.1, -0.05) is 5.16 Å². The molecule has 17 heavy (non-hydrogen) atoms. The first kappa shape index (κ1) is 12.1. The third kappa shape index (κ3) is 3.06. The highest BCUT2D eigenvalue weighted by molar-refractivity contribution is 5.73. The number of amides is 1. The molecule has 0 N–H and O–H groups in total. The maximum absolute atomic E-state index is 11.7. The summed E-state index contributed by atoms with van der Waals surface area (Å²) in [6, 6.07) is 2.14. The zero-order valence-corrected chi connectivity index (χ0v) is 10.4. The minimum atomic E-state index is 0.113. The van der Waals surface area contributed by atoms with Gasteiger partial charge in [-0.15, -0.1) is 0 Å². The first-order chi connectivity index (χ1) is 8.16. The summed E-state index contributed by atoms with van der Waals surface area (Å²) in [7, 11) is 2.12. The average Bonchev–Trinajstić information content (AvgIpc) is 2.80. The van der Waals surface area contributed by atoms with Crippen molar-refractivity contribution in [3.05, 3.63) is 18.0 Å². The van der Waals surface area contributed by atoms with Gasteiger partial charge in [0.25, 0.3) is 0 Å². The molecule has 0 saturated carbocycles. The van der Waals surface area contributed by atoms with Crippen LogP contribution in [-0.4, -0.2) is 47.0 Å². The zero-order valence-electron chi connectivity index (χ0n) is 10.4. The summed E-state index contributed by atoms with van der Waals surface area (Å²) in [5.41, 5.74) is 0.819. The fraction of sp³-hybridized carbons (Fsp3) is 0.667. The Balaban J connectivity index is 1.99. The Morgan fingerprint density at radius 3 is 2.82 bits per heavy atom. The smallest absolute Gasteiger partial charge is 0.220 e. The highest BCUT2D eigenvalue weighted by Gasteiger charge is 2.25. The molecule has 1 aliphatic heterocycles. The van der Waals surface area contributed by atoms with E-state index in [1.54, 1.807) is 13.2 Å². The van der Waals surface area contributed by atoms with Crippen LogP contribution in [0.4, 0.5) is 0 Å². The number of hydrogen-bond donors (Lipinski definition) is 0. The Labute approximate surface area is 101 Å². The third-order valence-corrected chi connectivity index (χ3v) is 3.36. The van der Waals surface area contributed by atoms with Gasteiger partial charge in [0.15, 0.2) is 0 Å². The van der Waals surface area contributed by atoms with E-state index in [-0.39, 0.29) is 5.91 Å². The van der Waals surface area contributed by atoms with Crippen LogP contribution in [0.2, 0.25) is 0 Å². The Hall–Kier alpha value is -1.36. The summed E-state index contributed by atoms with van der Waals surface area (Å²) in [5.74, 6) is 0.113. The second-order valence-corrected chi connectivity index (χ2v) is 4.67. The van der Waals surface area contributed by atoms with Crippen molar-refractivity contribution in [2.45, 2.75) is 32.4 Å². The van der Waals surface area contributed by atoms with E-state index in [4.69, 9.17) is 4.52 Å². The van der Waals surface area contributed by atoms with Gasteiger partial charge in [-0.05, 0) is 33.0 Å². The van der Waals surface area contributed by atoms with E-state index in [9.17, 15) is 4.79 Å². The molecule has 0 spiro atoms. The predicted octanol–water partition coefficient (Wildman–Crippen LogP) is 1.12. The molecule has 0 unspecified atom stereocenters. The molecule has 1 amide bonds. The van der Waals surface area contributed by atoms with Gasteiger partial charge >= 0.3 is 0 Å². The largest absolute Gasteiger partial charge is 0.364 e. The average molecular weight is 237 g/mol. The van der Waals surface area contributed by atoms with Crippen molar-refractivity contribution >= 4 is 5.91 Å². The number of rotatable bonds is 3. The lowest BCUT2D eigenvalue weighted by molar-refractivity contribution is -0.132. The number of aromatic nitrogens is 1. The highest BCUT2D eigenvalue weighted by Crippen LogP contribution is 2.17. The van der Waals surface area contributed by atoms with Gasteiger partial charge in [-0.3, -0.25) is 4.79 Å². The van der Waals surface area contributed by atoms with E-state index < -0.39 is 0 Å². The maximum Gasteiger partial charge on any atom is 0.220 e. The van der Waals surface area contributed by atoms with E-state index in [0.29, 0.717) is 12.6 Å². The molecule has 2 rings (SSSR count). The monoisotopic (exact) mass is 237 g/mol. The maximum atomic E-state index is 11.7. The molecule has 0 atom stereocenters. The standard InChI is InChI=1S/C12H19N3O2/c1-10(16)15(9-11-5-8-17-13-11)12-3-6-14(2)7-4-12/h5,8,12H,3-4,6-7,9H2,1-2H3. The molecule has 0 aromatic carbocycles. The van der Waals surface area contributed by atoms with Crippen LogP contribution in [-0.2, 0) is 11.3 Å². The van der Waals surface area contributed by atoms with Gasteiger partial charge in [0.2, 0.25) is 5.91 Å². The molecule has 0 bridgehead atoms. The Morgan fingerprint density at radius 2 is 2.29 bits per heavy atom. The van der Waals surface area contributed by atoms with Crippen molar-refractivity contribution in [3.63, 3.8) is 0 Å². The summed E-state index contributed by atoms with van der Waals surface area (Å²) in [6.07, 6.45) is 3.62. The number of carbonyl (C=O) groups is 1. The van der Waals surface area contributed by atoms with Crippen LogP contribution >= 0.6 is 0 Å². The van der Waals surface area contributed by atoms with Crippen LogP contribution in [0.5, 0.6) is 0 Å². The summed E-state index contributed by atoms with van der Waals surface area (Å²) in [6.45, 7) is 4.28. The van der Waals surface area contributed by atoms with Crippen LogP contribution in [0, 0.1) is 0 Å². The fourth-order valence-corrected chi connectivity index (χ4v) is 2.30. The Bertz CT molecular complexity index is 356. The molecule has 0 radical (unpaired) electrons. The first-order valence-corrected chi connectivity index (χ1v) is 6.02. The van der Waals surface area contributed by atoms with E-state index >= 15 is 0 Å². The minimum absolute atomic E-state index is 0.113. The van der Waals surface area contributed by atoms with E-state index in [0.717, 1.165) is 31.6 Å². The van der Waals surface area contributed by atoms with Crippen LogP contribution in [0.15, 0.2) is 16.9 Å². The molecular formula is C12H19N3O2. The van der Waals surface area contributed by atoms with Crippen LogP contribution in [0.25, 0.3) is 0 Å². The SMILES string of the molecule is CC(=O)N(Cc1ccon1)C1CCN(C)CC1. The van der Waals surface area contributed by atoms with Crippen LogP contribution in [0.3, 0.4) is 0 Å². The zero-order chi connectivity index (χ0) is 12.3. The molecule has 1 aromatic heterocycles. The number of carbonyl (C=O) groups excluding carboxylic acids is 1. The quantitative estimate of drug-likeness (QED) is 0.790.